The molecule has 0 radical (unpaired) electrons. The molecule has 1 aliphatic heterocycles. The molecule has 1 fully saturated rings. The van der Waals surface area contributed by atoms with Crippen molar-refractivity contribution in [3.63, 3.8) is 0 Å². The lowest BCUT2D eigenvalue weighted by Crippen LogP contribution is -2.45. The molecule has 1 aromatic rings. The van der Waals surface area contributed by atoms with Crippen molar-refractivity contribution in [1.82, 2.24) is 10.2 Å². The van der Waals surface area contributed by atoms with E-state index in [0.717, 1.165) is 24.3 Å². The van der Waals surface area contributed by atoms with Crippen LogP contribution in [0.4, 0.5) is 5.69 Å². The minimum Gasteiger partial charge on any atom is -0.508 e. The monoisotopic (exact) mass is 291 g/mol. The number of likely N-dealkylation sites (tertiary alicyclic amines) is 1. The second-order valence-electron chi connectivity index (χ2n) is 6.19. The zero-order valence-corrected chi connectivity index (χ0v) is 13.8. The summed E-state index contributed by atoms with van der Waals surface area (Å²) in [5.74, 6) is 0.386. The van der Waals surface area contributed by atoms with Crippen LogP contribution in [0.15, 0.2) is 18.2 Å². The van der Waals surface area contributed by atoms with Gasteiger partial charge in [0.1, 0.15) is 5.75 Å². The maximum Gasteiger partial charge on any atom is 0.122 e. The Morgan fingerprint density at radius 2 is 2.24 bits per heavy atom. The molecule has 0 saturated carbocycles. The highest BCUT2D eigenvalue weighted by molar-refractivity contribution is 5.54. The molecule has 1 saturated heterocycles. The molecule has 2 unspecified atom stereocenters. The molecule has 0 spiro atoms. The van der Waals surface area contributed by atoms with Gasteiger partial charge in [-0.15, -0.1) is 0 Å². The Hall–Kier alpha value is -1.26. The first-order chi connectivity index (χ1) is 10.0. The maximum atomic E-state index is 10.3. The largest absolute Gasteiger partial charge is 0.508 e. The van der Waals surface area contributed by atoms with Gasteiger partial charge in [0, 0.05) is 43.0 Å². The van der Waals surface area contributed by atoms with Gasteiger partial charge in [0.2, 0.25) is 0 Å². The number of hydrogen-bond donors (Lipinski definition) is 2. The summed E-state index contributed by atoms with van der Waals surface area (Å²) in [7, 11) is 4.31. The van der Waals surface area contributed by atoms with Crippen molar-refractivity contribution in [3.8, 4) is 5.75 Å². The molecule has 4 heteroatoms. The van der Waals surface area contributed by atoms with Crippen LogP contribution in [0.2, 0.25) is 0 Å². The number of benzene rings is 1. The molecule has 0 aliphatic carbocycles. The Bertz CT molecular complexity index is 463. The van der Waals surface area contributed by atoms with Crippen molar-refractivity contribution >= 4 is 5.69 Å². The minimum absolute atomic E-state index is 0.176. The van der Waals surface area contributed by atoms with Crippen molar-refractivity contribution in [1.29, 1.82) is 0 Å². The second-order valence-corrected chi connectivity index (χ2v) is 6.19. The minimum atomic E-state index is 0.176. The number of piperidine rings is 1. The van der Waals surface area contributed by atoms with E-state index in [1.165, 1.54) is 19.4 Å². The molecular formula is C17H29N3O. The van der Waals surface area contributed by atoms with E-state index in [0.29, 0.717) is 11.8 Å². The first kappa shape index (κ1) is 16.1. The Balaban J connectivity index is 2.11. The first-order valence-electron chi connectivity index (χ1n) is 8.00. The average molecular weight is 291 g/mol. The Labute approximate surface area is 128 Å². The van der Waals surface area contributed by atoms with Crippen LogP contribution in [-0.4, -0.2) is 49.8 Å². The number of nitrogens with zero attached hydrogens (tertiary/aromatic N) is 2. The van der Waals surface area contributed by atoms with Crippen molar-refractivity contribution in [2.45, 2.75) is 38.8 Å². The van der Waals surface area contributed by atoms with Crippen molar-refractivity contribution in [2.24, 2.45) is 0 Å². The van der Waals surface area contributed by atoms with E-state index in [1.54, 1.807) is 0 Å². The van der Waals surface area contributed by atoms with Gasteiger partial charge in [-0.25, -0.2) is 0 Å². The molecule has 0 bridgehead atoms. The van der Waals surface area contributed by atoms with E-state index in [2.05, 4.69) is 49.1 Å². The highest BCUT2D eigenvalue weighted by Gasteiger charge is 2.22. The third-order valence-corrected chi connectivity index (χ3v) is 4.55. The number of aromatic hydroxyl groups is 1. The molecule has 1 aromatic carbocycles. The number of hydrogen-bond acceptors (Lipinski definition) is 4. The van der Waals surface area contributed by atoms with Gasteiger partial charge < -0.3 is 20.2 Å². The highest BCUT2D eigenvalue weighted by atomic mass is 16.3. The van der Waals surface area contributed by atoms with Crippen LogP contribution in [0.3, 0.4) is 0 Å². The summed E-state index contributed by atoms with van der Waals surface area (Å²) in [6.45, 7) is 7.34. The van der Waals surface area contributed by atoms with Gasteiger partial charge in [-0.3, -0.25) is 0 Å². The predicted octanol–water partition coefficient (Wildman–Crippen LogP) is 2.59. The zero-order chi connectivity index (χ0) is 15.4. The fourth-order valence-corrected chi connectivity index (χ4v) is 3.20. The second kappa shape index (κ2) is 7.14. The number of phenols is 1. The Morgan fingerprint density at radius 3 is 2.86 bits per heavy atom. The van der Waals surface area contributed by atoms with E-state index in [-0.39, 0.29) is 6.04 Å². The van der Waals surface area contributed by atoms with Gasteiger partial charge in [-0.05, 0) is 46.0 Å². The lowest BCUT2D eigenvalue weighted by molar-refractivity contribution is 0.248. The summed E-state index contributed by atoms with van der Waals surface area (Å²) in [6.07, 6.45) is 2.46. The van der Waals surface area contributed by atoms with Crippen LogP contribution in [0.25, 0.3) is 0 Å². The third kappa shape index (κ3) is 3.89. The van der Waals surface area contributed by atoms with Gasteiger partial charge in [-0.2, -0.15) is 0 Å². The SMILES string of the molecule is CCNC(C)c1ccc(N(C)C2CCCN(C)C2)cc1O. The fraction of sp³-hybridized carbons (Fsp3) is 0.647. The van der Waals surface area contributed by atoms with Crippen LogP contribution in [0.5, 0.6) is 5.75 Å². The predicted molar refractivity (Wildman–Crippen MR) is 89.1 cm³/mol. The molecule has 4 nitrogen and oxygen atoms in total. The Morgan fingerprint density at radius 1 is 1.48 bits per heavy atom. The van der Waals surface area contributed by atoms with Crippen LogP contribution in [0.1, 0.15) is 38.3 Å². The van der Waals surface area contributed by atoms with Gasteiger partial charge in [-0.1, -0.05) is 13.0 Å². The number of rotatable bonds is 5. The maximum absolute atomic E-state index is 10.3. The smallest absolute Gasteiger partial charge is 0.122 e. The van der Waals surface area contributed by atoms with Gasteiger partial charge >= 0.3 is 0 Å². The summed E-state index contributed by atoms with van der Waals surface area (Å²) in [6, 6.07) is 6.77. The van der Waals surface area contributed by atoms with E-state index >= 15 is 0 Å². The highest BCUT2D eigenvalue weighted by Crippen LogP contribution is 2.30. The molecule has 2 N–H and O–H groups in total. The Kier molecular flexibility index (Phi) is 5.48. The van der Waals surface area contributed by atoms with Crippen LogP contribution in [-0.2, 0) is 0 Å². The zero-order valence-electron chi connectivity index (χ0n) is 13.8. The molecule has 2 rings (SSSR count). The molecule has 118 valence electrons. The van der Waals surface area contributed by atoms with Crippen molar-refractivity contribution in [3.05, 3.63) is 23.8 Å². The number of anilines is 1. The normalized spacial score (nSPS) is 21.2. The third-order valence-electron chi connectivity index (χ3n) is 4.55. The summed E-state index contributed by atoms with van der Waals surface area (Å²) in [5.41, 5.74) is 2.06. The van der Waals surface area contributed by atoms with Crippen molar-refractivity contribution < 1.29 is 5.11 Å². The van der Waals surface area contributed by atoms with Gasteiger partial charge in [0.15, 0.2) is 0 Å². The van der Waals surface area contributed by atoms with Crippen LogP contribution < -0.4 is 10.2 Å². The van der Waals surface area contributed by atoms with Crippen molar-refractivity contribution in [2.75, 3.05) is 38.6 Å². The molecule has 0 aromatic heterocycles. The molecule has 2 atom stereocenters. The van der Waals surface area contributed by atoms with Crippen LogP contribution >= 0.6 is 0 Å². The topological polar surface area (TPSA) is 38.7 Å². The van der Waals surface area contributed by atoms with Gasteiger partial charge in [0.25, 0.3) is 0 Å². The summed E-state index contributed by atoms with van der Waals surface area (Å²) in [5, 5.41) is 13.7. The summed E-state index contributed by atoms with van der Waals surface area (Å²) in [4.78, 5) is 4.68. The van der Waals surface area contributed by atoms with Gasteiger partial charge in [0.05, 0.1) is 0 Å². The molecule has 0 amide bonds. The first-order valence-corrected chi connectivity index (χ1v) is 8.00. The summed E-state index contributed by atoms with van der Waals surface area (Å²) >= 11 is 0. The summed E-state index contributed by atoms with van der Waals surface area (Å²) < 4.78 is 0. The van der Waals surface area contributed by atoms with E-state index in [9.17, 15) is 5.11 Å². The number of phenolic OH excluding ortho intramolecular Hbond substituents is 1. The lowest BCUT2D eigenvalue weighted by atomic mass is 10.0. The lowest BCUT2D eigenvalue weighted by Gasteiger charge is -2.37. The van der Waals surface area contributed by atoms with E-state index < -0.39 is 0 Å². The van der Waals surface area contributed by atoms with Crippen LogP contribution in [0, 0.1) is 0 Å². The fourth-order valence-electron chi connectivity index (χ4n) is 3.20. The number of likely N-dealkylation sites (N-methyl/N-ethyl adjacent to an activating group) is 2. The standard InChI is InChI=1S/C17H29N3O/c1-5-18-13(2)16-9-8-14(11-17(16)21)20(4)15-7-6-10-19(3)12-15/h8-9,11,13,15,18,21H,5-7,10,12H2,1-4H3. The molecular weight excluding hydrogens is 262 g/mol. The molecule has 1 aliphatic rings. The van der Waals surface area contributed by atoms with E-state index in [4.69, 9.17) is 0 Å². The average Bonchev–Trinajstić information content (AvgIpc) is 2.46. The molecule has 21 heavy (non-hydrogen) atoms. The number of nitrogens with one attached hydrogen (secondary N) is 1. The molecule has 1 heterocycles. The van der Waals surface area contributed by atoms with E-state index in [1.807, 2.05) is 12.1 Å². The quantitative estimate of drug-likeness (QED) is 0.874.